The quantitative estimate of drug-likeness (QED) is 0.249. The van der Waals surface area contributed by atoms with E-state index in [9.17, 15) is 43.9 Å². The largest absolute Gasteiger partial charge is 0.416 e. The van der Waals surface area contributed by atoms with Gasteiger partial charge in [0.25, 0.3) is 0 Å². The Kier molecular flexibility index (Phi) is 9.77. The predicted octanol–water partition coefficient (Wildman–Crippen LogP) is 7.03. The fourth-order valence-corrected chi connectivity index (χ4v) is 6.47. The number of pyridine rings is 1. The average Bonchev–Trinajstić information content (AvgIpc) is 2.98. The van der Waals surface area contributed by atoms with Gasteiger partial charge in [0.05, 0.1) is 34.7 Å². The van der Waals surface area contributed by atoms with Gasteiger partial charge in [-0.2, -0.15) is 26.3 Å². The number of hydrogen-bond donors (Lipinski definition) is 0. The van der Waals surface area contributed by atoms with Gasteiger partial charge >= 0.3 is 12.4 Å². The van der Waals surface area contributed by atoms with Gasteiger partial charge in [0, 0.05) is 38.8 Å². The minimum absolute atomic E-state index is 0.00778. The summed E-state index contributed by atoms with van der Waals surface area (Å²) in [6, 6.07) is 6.58. The molecule has 15 heteroatoms. The number of halogens is 7. The van der Waals surface area contributed by atoms with Gasteiger partial charge in [-0.05, 0) is 86.7 Å². The van der Waals surface area contributed by atoms with Gasteiger partial charge in [0.1, 0.15) is 11.6 Å². The van der Waals surface area contributed by atoms with Crippen LogP contribution in [0.15, 0.2) is 48.7 Å². The molecule has 1 aliphatic heterocycles. The lowest BCUT2D eigenvalue weighted by Crippen LogP contribution is -2.45. The number of piperidine rings is 1. The number of anilines is 2. The van der Waals surface area contributed by atoms with Crippen molar-refractivity contribution in [1.29, 1.82) is 0 Å². The molecule has 0 aliphatic carbocycles. The molecule has 7 nitrogen and oxygen atoms in total. The number of hydrogen-bond acceptors (Lipinski definition) is 5. The van der Waals surface area contributed by atoms with E-state index in [1.807, 2.05) is 4.90 Å². The Labute approximate surface area is 269 Å². The van der Waals surface area contributed by atoms with Gasteiger partial charge < -0.3 is 9.80 Å². The van der Waals surface area contributed by atoms with Crippen molar-refractivity contribution >= 4 is 27.4 Å². The third-order valence-electron chi connectivity index (χ3n) is 8.68. The van der Waals surface area contributed by atoms with E-state index >= 15 is 0 Å². The molecule has 0 N–H and O–H groups in total. The standard InChI is InChI=1S/C32H35F7N4O3S/c1-19-13-23(33)7-8-25(19)26-17-28(43-11-9-24(10-12-43)42(5)47(6,45)46)40-18-27(26)41(4)29(44)30(2,3)20-14-21(31(34,35)36)16-22(15-20)32(37,38)39/h7-8,13-18,24H,9-12H2,1-6H3. The van der Waals surface area contributed by atoms with Gasteiger partial charge in [0.2, 0.25) is 15.9 Å². The van der Waals surface area contributed by atoms with Crippen molar-refractivity contribution in [3.63, 3.8) is 0 Å². The molecule has 4 rings (SSSR count). The summed E-state index contributed by atoms with van der Waals surface area (Å²) in [6.07, 6.45) is -6.64. The number of rotatable bonds is 7. The van der Waals surface area contributed by atoms with E-state index in [1.54, 1.807) is 13.0 Å². The van der Waals surface area contributed by atoms with E-state index in [1.165, 1.54) is 56.6 Å². The molecule has 1 aromatic heterocycles. The smallest absolute Gasteiger partial charge is 0.356 e. The number of sulfonamides is 1. The molecule has 1 amide bonds. The van der Waals surface area contributed by atoms with Crippen LogP contribution < -0.4 is 9.80 Å². The van der Waals surface area contributed by atoms with E-state index in [2.05, 4.69) is 4.98 Å². The molecule has 0 spiro atoms. The first-order valence-electron chi connectivity index (χ1n) is 14.5. The molecule has 256 valence electrons. The first-order chi connectivity index (χ1) is 21.5. The Balaban J connectivity index is 1.76. The summed E-state index contributed by atoms with van der Waals surface area (Å²) in [5.41, 5.74) is -3.78. The molecule has 1 saturated heterocycles. The molecule has 0 saturated carbocycles. The Morgan fingerprint density at radius 1 is 0.872 bits per heavy atom. The summed E-state index contributed by atoms with van der Waals surface area (Å²) < 4.78 is 121. The topological polar surface area (TPSA) is 73.8 Å². The molecular weight excluding hydrogens is 653 g/mol. The Hall–Kier alpha value is -3.72. The van der Waals surface area contributed by atoms with Crippen LogP contribution >= 0.6 is 0 Å². The van der Waals surface area contributed by atoms with E-state index in [0.29, 0.717) is 60.6 Å². The van der Waals surface area contributed by atoms with Gasteiger partial charge in [-0.3, -0.25) is 4.79 Å². The van der Waals surface area contributed by atoms with Gasteiger partial charge in [-0.15, -0.1) is 0 Å². The zero-order chi connectivity index (χ0) is 35.3. The lowest BCUT2D eigenvalue weighted by molar-refractivity contribution is -0.143. The maximum absolute atomic E-state index is 14.1. The maximum Gasteiger partial charge on any atom is 0.416 e. The van der Waals surface area contributed by atoms with Crippen molar-refractivity contribution < 1.29 is 43.9 Å². The van der Waals surface area contributed by atoms with Crippen LogP contribution in [-0.2, 0) is 32.6 Å². The Morgan fingerprint density at radius 2 is 1.40 bits per heavy atom. The molecule has 47 heavy (non-hydrogen) atoms. The predicted molar refractivity (Wildman–Crippen MR) is 165 cm³/mol. The summed E-state index contributed by atoms with van der Waals surface area (Å²) in [6.45, 7) is 5.05. The minimum atomic E-state index is -5.09. The summed E-state index contributed by atoms with van der Waals surface area (Å²) in [5.74, 6) is -0.833. The van der Waals surface area contributed by atoms with Crippen molar-refractivity contribution in [1.82, 2.24) is 9.29 Å². The van der Waals surface area contributed by atoms with Crippen LogP contribution in [0.2, 0.25) is 0 Å². The van der Waals surface area contributed by atoms with Crippen molar-refractivity contribution in [2.45, 2.75) is 57.4 Å². The molecule has 2 aromatic carbocycles. The number of nitrogens with zero attached hydrogens (tertiary/aromatic N) is 4. The molecule has 1 aliphatic rings. The first-order valence-corrected chi connectivity index (χ1v) is 16.4. The molecule has 2 heterocycles. The van der Waals surface area contributed by atoms with Crippen molar-refractivity contribution in [3.8, 4) is 11.1 Å². The van der Waals surface area contributed by atoms with Crippen LogP contribution in [0.25, 0.3) is 11.1 Å². The van der Waals surface area contributed by atoms with Crippen LogP contribution in [-0.4, -0.2) is 63.1 Å². The zero-order valence-corrected chi connectivity index (χ0v) is 27.4. The van der Waals surface area contributed by atoms with Gasteiger partial charge in [-0.25, -0.2) is 22.1 Å². The molecule has 1 fully saturated rings. The monoisotopic (exact) mass is 688 g/mol. The SMILES string of the molecule is Cc1cc(F)ccc1-c1cc(N2CCC(N(C)S(C)(=O)=O)CC2)ncc1N(C)C(=O)C(C)(C)c1cc(C(F)(F)F)cc(C(F)(F)F)c1. The number of amides is 1. The molecule has 0 bridgehead atoms. The molecule has 3 aromatic rings. The lowest BCUT2D eigenvalue weighted by Gasteiger charge is -2.37. The summed E-state index contributed by atoms with van der Waals surface area (Å²) in [5, 5.41) is 0. The number of benzene rings is 2. The van der Waals surface area contributed by atoms with Crippen LogP contribution in [0, 0.1) is 12.7 Å². The van der Waals surface area contributed by atoms with Crippen LogP contribution in [0.3, 0.4) is 0 Å². The number of aromatic nitrogens is 1. The maximum atomic E-state index is 14.1. The second-order valence-corrected chi connectivity index (χ2v) is 14.3. The van der Waals surface area contributed by atoms with Gasteiger partial charge in [0.15, 0.2) is 0 Å². The van der Waals surface area contributed by atoms with Gasteiger partial charge in [-0.1, -0.05) is 6.07 Å². The molecule has 0 unspecified atom stereocenters. The highest BCUT2D eigenvalue weighted by atomic mass is 32.2. The normalized spacial score (nSPS) is 15.3. The highest BCUT2D eigenvalue weighted by molar-refractivity contribution is 7.88. The minimum Gasteiger partial charge on any atom is -0.356 e. The highest BCUT2D eigenvalue weighted by Crippen LogP contribution is 2.41. The van der Waals surface area contributed by atoms with Crippen molar-refractivity contribution in [2.75, 3.05) is 43.2 Å². The molecule has 0 radical (unpaired) electrons. The summed E-state index contributed by atoms with van der Waals surface area (Å²) >= 11 is 0. The Bertz CT molecular complexity index is 1730. The van der Waals surface area contributed by atoms with E-state index in [-0.39, 0.29) is 17.8 Å². The van der Waals surface area contributed by atoms with Crippen molar-refractivity contribution in [2.24, 2.45) is 0 Å². The third-order valence-corrected chi connectivity index (χ3v) is 10.0. The number of carbonyl (C=O) groups is 1. The van der Waals surface area contributed by atoms with Crippen LogP contribution in [0.5, 0.6) is 0 Å². The second kappa shape index (κ2) is 12.7. The summed E-state index contributed by atoms with van der Waals surface area (Å²) in [4.78, 5) is 21.6. The lowest BCUT2D eigenvalue weighted by atomic mass is 9.81. The number of alkyl halides is 6. The van der Waals surface area contributed by atoms with Crippen molar-refractivity contribution in [3.05, 3.63) is 76.7 Å². The third kappa shape index (κ3) is 7.72. The van der Waals surface area contributed by atoms with E-state index in [0.717, 1.165) is 11.2 Å². The average molecular weight is 689 g/mol. The van der Waals surface area contributed by atoms with Crippen LogP contribution in [0.1, 0.15) is 48.9 Å². The van der Waals surface area contributed by atoms with E-state index in [4.69, 9.17) is 0 Å². The number of carbonyl (C=O) groups excluding carboxylic acids is 1. The Morgan fingerprint density at radius 3 is 1.89 bits per heavy atom. The molecule has 0 atom stereocenters. The number of likely N-dealkylation sites (N-methyl/N-ethyl adjacent to an activating group) is 1. The fraction of sp³-hybridized carbons (Fsp3) is 0.438. The fourth-order valence-electron chi connectivity index (χ4n) is 5.72. The second-order valence-electron chi connectivity index (χ2n) is 12.3. The number of aryl methyl sites for hydroxylation is 1. The highest BCUT2D eigenvalue weighted by Gasteiger charge is 2.41. The summed E-state index contributed by atoms with van der Waals surface area (Å²) in [7, 11) is -0.526. The van der Waals surface area contributed by atoms with E-state index < -0.39 is 56.2 Å². The zero-order valence-electron chi connectivity index (χ0n) is 26.6. The first kappa shape index (κ1) is 36.1. The molecular formula is C32H35F7N4O3S. The van der Waals surface area contributed by atoms with Crippen LogP contribution in [0.4, 0.5) is 42.2 Å².